The highest BCUT2D eigenvalue weighted by atomic mass is 19.3. The summed E-state index contributed by atoms with van der Waals surface area (Å²) in [5.41, 5.74) is 0.274. The number of piperidine rings is 1. The van der Waals surface area contributed by atoms with Gasteiger partial charge in [0.1, 0.15) is 17.1 Å². The van der Waals surface area contributed by atoms with Crippen molar-refractivity contribution in [3.63, 3.8) is 0 Å². The van der Waals surface area contributed by atoms with Crippen LogP contribution in [0.4, 0.5) is 14.6 Å². The Bertz CT molecular complexity index is 1310. The van der Waals surface area contributed by atoms with Gasteiger partial charge in [0, 0.05) is 18.7 Å². The van der Waals surface area contributed by atoms with Gasteiger partial charge in [0.25, 0.3) is 11.8 Å². The van der Waals surface area contributed by atoms with Gasteiger partial charge in [-0.2, -0.15) is 5.10 Å². The molecule has 3 heterocycles. The quantitative estimate of drug-likeness (QED) is 0.583. The molecule has 3 atom stereocenters. The van der Waals surface area contributed by atoms with Crippen molar-refractivity contribution >= 4 is 11.7 Å². The zero-order chi connectivity index (χ0) is 24.6. The molecule has 6 rings (SSSR count). The standard InChI is InChI=1S/C27H28F2N4O2/c1-25(2)13-20(17-9-5-4-6-10-17)31-23-18(14-30-33(23)25)24(34)32-15-22-26(16-32,27(22,28)29)19-11-7-8-12-21(19)35-3/h4-12,14,20,22,31H,13,15-16H2,1-3H3/t20-,22?,26?/m1/s1. The minimum absolute atomic E-state index is 0.00000853. The van der Waals surface area contributed by atoms with E-state index in [0.29, 0.717) is 22.7 Å². The predicted octanol–water partition coefficient (Wildman–Crippen LogP) is 4.84. The Morgan fingerprint density at radius 1 is 1.11 bits per heavy atom. The van der Waals surface area contributed by atoms with Gasteiger partial charge in [-0.3, -0.25) is 4.79 Å². The maximum atomic E-state index is 15.1. The molecule has 3 aromatic rings. The number of fused-ring (bicyclic) bond motifs is 2. The van der Waals surface area contributed by atoms with Crippen LogP contribution in [0.3, 0.4) is 0 Å². The number of hydrogen-bond donors (Lipinski definition) is 1. The first-order valence-corrected chi connectivity index (χ1v) is 11.9. The molecule has 1 aromatic heterocycles. The van der Waals surface area contributed by atoms with E-state index < -0.39 is 17.3 Å². The fraction of sp³-hybridized carbons (Fsp3) is 0.407. The number of alkyl halides is 2. The van der Waals surface area contributed by atoms with Crippen LogP contribution in [0.5, 0.6) is 5.75 Å². The molecule has 1 saturated carbocycles. The number of rotatable bonds is 4. The fourth-order valence-corrected chi connectivity index (χ4v) is 6.19. The Labute approximate surface area is 202 Å². The smallest absolute Gasteiger partial charge is 0.265 e. The monoisotopic (exact) mass is 478 g/mol. The Hall–Kier alpha value is -3.42. The van der Waals surface area contributed by atoms with Crippen LogP contribution in [0.1, 0.15) is 47.8 Å². The zero-order valence-corrected chi connectivity index (χ0v) is 20.0. The zero-order valence-electron chi connectivity index (χ0n) is 20.0. The van der Waals surface area contributed by atoms with E-state index in [4.69, 9.17) is 4.74 Å². The van der Waals surface area contributed by atoms with Crippen LogP contribution in [-0.4, -0.2) is 46.7 Å². The molecule has 8 heteroatoms. The van der Waals surface area contributed by atoms with Gasteiger partial charge in [-0.25, -0.2) is 13.5 Å². The van der Waals surface area contributed by atoms with Gasteiger partial charge in [0.15, 0.2) is 0 Å². The highest BCUT2D eigenvalue weighted by Gasteiger charge is 2.85. The van der Waals surface area contributed by atoms with E-state index in [9.17, 15) is 4.79 Å². The second-order valence-corrected chi connectivity index (χ2v) is 10.5. The average Bonchev–Trinajstić information content (AvgIpc) is 3.27. The number of anilines is 1. The summed E-state index contributed by atoms with van der Waals surface area (Å²) in [6.45, 7) is 4.13. The van der Waals surface area contributed by atoms with Crippen molar-refractivity contribution in [2.24, 2.45) is 5.92 Å². The molecule has 1 aliphatic carbocycles. The third-order valence-electron chi connectivity index (χ3n) is 8.05. The number of carbonyl (C=O) groups is 1. The van der Waals surface area contributed by atoms with Crippen molar-refractivity contribution in [3.05, 3.63) is 77.5 Å². The van der Waals surface area contributed by atoms with Crippen LogP contribution in [0.15, 0.2) is 60.8 Å². The summed E-state index contributed by atoms with van der Waals surface area (Å²) in [5, 5.41) is 8.04. The molecule has 182 valence electrons. The molecule has 2 aromatic carbocycles. The molecule has 1 saturated heterocycles. The van der Waals surface area contributed by atoms with Gasteiger partial charge in [-0.1, -0.05) is 48.5 Å². The predicted molar refractivity (Wildman–Crippen MR) is 128 cm³/mol. The molecule has 2 aliphatic heterocycles. The molecule has 0 radical (unpaired) electrons. The van der Waals surface area contributed by atoms with Crippen LogP contribution in [0, 0.1) is 5.92 Å². The van der Waals surface area contributed by atoms with Crippen molar-refractivity contribution in [2.45, 2.75) is 43.2 Å². The Balaban J connectivity index is 1.32. The van der Waals surface area contributed by atoms with Crippen molar-refractivity contribution in [1.82, 2.24) is 14.7 Å². The number of hydrogen-bond acceptors (Lipinski definition) is 4. The average molecular weight is 479 g/mol. The lowest BCUT2D eigenvalue weighted by Gasteiger charge is -2.38. The van der Waals surface area contributed by atoms with Gasteiger partial charge in [0.2, 0.25) is 0 Å². The van der Waals surface area contributed by atoms with Crippen molar-refractivity contribution in [3.8, 4) is 5.75 Å². The number of aromatic nitrogens is 2. The van der Waals surface area contributed by atoms with E-state index in [1.165, 1.54) is 7.11 Å². The first kappa shape index (κ1) is 22.1. The summed E-state index contributed by atoms with van der Waals surface area (Å²) in [6.07, 6.45) is 2.37. The lowest BCUT2D eigenvalue weighted by atomic mass is 9.89. The van der Waals surface area contributed by atoms with Gasteiger partial charge >= 0.3 is 0 Å². The van der Waals surface area contributed by atoms with Crippen molar-refractivity contribution in [2.75, 3.05) is 25.5 Å². The van der Waals surface area contributed by atoms with E-state index in [0.717, 1.165) is 12.0 Å². The van der Waals surface area contributed by atoms with E-state index in [1.807, 2.05) is 22.9 Å². The maximum Gasteiger partial charge on any atom is 0.265 e. The largest absolute Gasteiger partial charge is 0.496 e. The van der Waals surface area contributed by atoms with Crippen LogP contribution in [0.2, 0.25) is 0 Å². The molecule has 6 nitrogen and oxygen atoms in total. The SMILES string of the molecule is COc1ccccc1C12CN(C(=O)c3cnn4c3N[C@@H](c3ccccc3)CC4(C)C)CC1C2(F)F. The second-order valence-electron chi connectivity index (χ2n) is 10.5. The summed E-state index contributed by atoms with van der Waals surface area (Å²) in [6, 6.07) is 17.0. The number of ether oxygens (including phenoxy) is 1. The van der Waals surface area contributed by atoms with Gasteiger partial charge < -0.3 is 15.0 Å². The third-order valence-corrected chi connectivity index (χ3v) is 8.05. The third kappa shape index (κ3) is 2.98. The van der Waals surface area contributed by atoms with E-state index >= 15 is 8.78 Å². The number of benzene rings is 2. The molecular weight excluding hydrogens is 450 g/mol. The highest BCUT2D eigenvalue weighted by Crippen LogP contribution is 2.71. The topological polar surface area (TPSA) is 59.4 Å². The summed E-state index contributed by atoms with van der Waals surface area (Å²) >= 11 is 0. The number of likely N-dealkylation sites (tertiary alicyclic amines) is 1. The molecule has 2 unspecified atom stereocenters. The second kappa shape index (κ2) is 7.29. The van der Waals surface area contributed by atoms with Crippen molar-refractivity contribution < 1.29 is 18.3 Å². The summed E-state index contributed by atoms with van der Waals surface area (Å²) in [4.78, 5) is 15.2. The molecule has 2 fully saturated rings. The Morgan fingerprint density at radius 2 is 1.83 bits per heavy atom. The molecule has 3 aliphatic rings. The van der Waals surface area contributed by atoms with E-state index in [-0.39, 0.29) is 30.6 Å². The number of nitrogens with one attached hydrogen (secondary N) is 1. The van der Waals surface area contributed by atoms with Crippen molar-refractivity contribution in [1.29, 1.82) is 0 Å². The van der Waals surface area contributed by atoms with Gasteiger partial charge in [-0.15, -0.1) is 0 Å². The number of carbonyl (C=O) groups excluding carboxylic acids is 1. The minimum atomic E-state index is -2.88. The molecule has 1 N–H and O–H groups in total. The number of halogens is 2. The van der Waals surface area contributed by atoms with Crippen LogP contribution in [0.25, 0.3) is 0 Å². The number of amides is 1. The first-order chi connectivity index (χ1) is 16.7. The maximum absolute atomic E-state index is 15.1. The lowest BCUT2D eigenvalue weighted by molar-refractivity contribution is 0.0390. The van der Waals surface area contributed by atoms with Gasteiger partial charge in [0.05, 0.1) is 36.2 Å². The lowest BCUT2D eigenvalue weighted by Crippen LogP contribution is -2.40. The van der Waals surface area contributed by atoms with E-state index in [2.05, 4.69) is 36.4 Å². The molecule has 35 heavy (non-hydrogen) atoms. The molecular formula is C27H28F2N4O2. The Kier molecular flexibility index (Phi) is 4.60. The molecule has 0 bridgehead atoms. The van der Waals surface area contributed by atoms with Crippen LogP contribution < -0.4 is 10.1 Å². The Morgan fingerprint density at radius 3 is 2.57 bits per heavy atom. The highest BCUT2D eigenvalue weighted by molar-refractivity contribution is 5.99. The number of para-hydroxylation sites is 1. The van der Waals surface area contributed by atoms with Crippen LogP contribution >= 0.6 is 0 Å². The summed E-state index contributed by atoms with van der Waals surface area (Å²) in [5.74, 6) is -3.02. The molecule has 0 spiro atoms. The number of nitrogens with zero attached hydrogens (tertiary/aromatic N) is 3. The summed E-state index contributed by atoms with van der Waals surface area (Å²) in [7, 11) is 1.48. The minimum Gasteiger partial charge on any atom is -0.496 e. The normalized spacial score (nSPS) is 27.5. The summed E-state index contributed by atoms with van der Waals surface area (Å²) < 4.78 is 37.4. The molecule has 1 amide bonds. The van der Waals surface area contributed by atoms with Crippen LogP contribution in [-0.2, 0) is 11.0 Å². The first-order valence-electron chi connectivity index (χ1n) is 11.9. The van der Waals surface area contributed by atoms with Gasteiger partial charge in [-0.05, 0) is 31.9 Å². The number of methoxy groups -OCH3 is 1. The van der Waals surface area contributed by atoms with E-state index in [1.54, 1.807) is 35.4 Å². The fourth-order valence-electron chi connectivity index (χ4n) is 6.19.